The number of nitrogens with two attached hydrogens (primary N) is 1. The van der Waals surface area contributed by atoms with E-state index < -0.39 is 0 Å². The van der Waals surface area contributed by atoms with E-state index in [4.69, 9.17) is 10.2 Å². The molecule has 0 fully saturated rings. The topological polar surface area (TPSA) is 104 Å². The molecule has 0 atom stereocenters. The van der Waals surface area contributed by atoms with Crippen LogP contribution in [0, 0.1) is 0 Å². The highest BCUT2D eigenvalue weighted by atomic mass is 16.4. The number of nitrogens with zero attached hydrogens (tertiary/aromatic N) is 5. The van der Waals surface area contributed by atoms with Gasteiger partial charge in [-0.3, -0.25) is 4.98 Å². The molecule has 0 aliphatic rings. The smallest absolute Gasteiger partial charge is 0.270 e. The van der Waals surface area contributed by atoms with Crippen LogP contribution >= 0.6 is 0 Å². The Labute approximate surface area is 162 Å². The Balaban J connectivity index is 0.00000128. The Hall–Kier alpha value is -4.13. The van der Waals surface area contributed by atoms with E-state index in [1.165, 1.54) is 0 Å². The van der Waals surface area contributed by atoms with E-state index in [0.29, 0.717) is 17.3 Å². The number of hydrogen-bond donors (Lipinski definition) is 1. The lowest BCUT2D eigenvalue weighted by Gasteiger charge is -2.07. The maximum Gasteiger partial charge on any atom is 0.270 e. The minimum Gasteiger partial charge on any atom is -0.414 e. The van der Waals surface area contributed by atoms with Gasteiger partial charge in [0.1, 0.15) is 0 Å². The predicted molar refractivity (Wildman–Crippen MR) is 110 cm³/mol. The van der Waals surface area contributed by atoms with Gasteiger partial charge < -0.3 is 10.2 Å². The van der Waals surface area contributed by atoms with Crippen LogP contribution in [0.25, 0.3) is 45.2 Å². The summed E-state index contributed by atoms with van der Waals surface area (Å²) in [5.74, 6) is 0.853. The van der Waals surface area contributed by atoms with Crippen LogP contribution in [0.15, 0.2) is 77.5 Å². The van der Waals surface area contributed by atoms with Crippen molar-refractivity contribution in [3.05, 3.63) is 73.1 Å². The zero-order chi connectivity index (χ0) is 18.9. The highest BCUT2D eigenvalue weighted by molar-refractivity contribution is 5.93. The van der Waals surface area contributed by atoms with Crippen molar-refractivity contribution < 1.29 is 7.27 Å². The first-order valence-electron chi connectivity index (χ1n) is 8.65. The fraction of sp³-hybridized carbons (Fsp3) is 0. The van der Waals surface area contributed by atoms with E-state index in [9.17, 15) is 0 Å². The van der Waals surface area contributed by atoms with Crippen molar-refractivity contribution in [2.45, 2.75) is 0 Å². The summed E-state index contributed by atoms with van der Waals surface area (Å²) < 4.78 is 5.80. The Morgan fingerprint density at radius 2 is 1.68 bits per heavy atom. The van der Waals surface area contributed by atoms with Crippen LogP contribution < -0.4 is 5.73 Å². The molecule has 138 valence electrons. The van der Waals surface area contributed by atoms with Gasteiger partial charge in [0.25, 0.3) is 5.89 Å². The molecule has 0 bridgehead atoms. The third kappa shape index (κ3) is 2.75. The van der Waals surface area contributed by atoms with E-state index in [1.54, 1.807) is 12.4 Å². The number of pyridine rings is 1. The number of hydrogen-bond acceptors (Lipinski definition) is 7. The van der Waals surface area contributed by atoms with Crippen LogP contribution in [0.4, 0.5) is 5.82 Å². The van der Waals surface area contributed by atoms with E-state index in [1.807, 2.05) is 60.7 Å². The van der Waals surface area contributed by atoms with E-state index in [0.717, 1.165) is 22.0 Å². The summed E-state index contributed by atoms with van der Waals surface area (Å²) in [5, 5.41) is 9.19. The molecule has 5 rings (SSSR count). The predicted octanol–water partition coefficient (Wildman–Crippen LogP) is 4.48. The molecular weight excluding hydrogens is 352 g/mol. The average Bonchev–Trinajstić information content (AvgIpc) is 3.24. The largest absolute Gasteiger partial charge is 0.414 e. The fourth-order valence-electron chi connectivity index (χ4n) is 3.03. The lowest BCUT2D eigenvalue weighted by atomic mass is 10.1. The van der Waals surface area contributed by atoms with Crippen molar-refractivity contribution in [3.8, 4) is 34.3 Å². The molecule has 0 radical (unpaired) electrons. The summed E-state index contributed by atoms with van der Waals surface area (Å²) in [6.07, 6.45) is 3.39. The van der Waals surface area contributed by atoms with Crippen molar-refractivity contribution in [1.82, 2.24) is 25.1 Å². The molecule has 28 heavy (non-hydrogen) atoms. The molecule has 0 saturated carbocycles. The molecule has 0 saturated heterocycles. The first-order valence-corrected chi connectivity index (χ1v) is 8.65. The number of aromatic nitrogens is 5. The first-order chi connectivity index (χ1) is 13.8. The Kier molecular flexibility index (Phi) is 3.76. The molecule has 2 aromatic carbocycles. The maximum atomic E-state index is 6.05. The molecule has 7 heteroatoms. The van der Waals surface area contributed by atoms with Gasteiger partial charge >= 0.3 is 0 Å². The molecule has 2 N–H and O–H groups in total. The summed E-state index contributed by atoms with van der Waals surface area (Å²) >= 11 is 0. The van der Waals surface area contributed by atoms with Crippen molar-refractivity contribution >= 4 is 16.7 Å². The third-order valence-corrected chi connectivity index (χ3v) is 4.37. The maximum absolute atomic E-state index is 6.05. The van der Waals surface area contributed by atoms with Crippen molar-refractivity contribution in [1.29, 1.82) is 0 Å². The minimum atomic E-state index is 0. The molecule has 0 unspecified atom stereocenters. The number of fused-ring (bicyclic) bond motifs is 1. The second kappa shape index (κ2) is 6.55. The number of anilines is 1. The average molecular weight is 370 g/mol. The summed E-state index contributed by atoms with van der Waals surface area (Å²) in [6, 6.07) is 19.3. The standard InChI is InChI=1S/C21H14N6O.2H2/c22-19-18(21-27-26-20(28-21)13-6-2-1-3-7-13)25-17(12-24-19)15-8-4-10-16-14(15)9-5-11-23-16;;/h1-12H,(H2,22,24);2*1H. The Morgan fingerprint density at radius 1 is 0.821 bits per heavy atom. The molecule has 3 aromatic heterocycles. The molecule has 5 aromatic rings. The molecule has 7 nitrogen and oxygen atoms in total. The SMILES string of the molecule is Nc1ncc(-c2cccc3ncccc23)nc1-c1nnc(-c2ccccc2)o1.[HH].[HH]. The lowest BCUT2D eigenvalue weighted by Crippen LogP contribution is -1.99. The van der Waals surface area contributed by atoms with Crippen molar-refractivity contribution in [2.24, 2.45) is 0 Å². The first kappa shape index (κ1) is 16.1. The van der Waals surface area contributed by atoms with E-state index in [2.05, 4.69) is 25.1 Å². The summed E-state index contributed by atoms with van der Waals surface area (Å²) in [7, 11) is 0. The van der Waals surface area contributed by atoms with Gasteiger partial charge in [0, 0.05) is 25.6 Å². The summed E-state index contributed by atoms with van der Waals surface area (Å²) in [6.45, 7) is 0. The molecule has 3 heterocycles. The van der Waals surface area contributed by atoms with Crippen LogP contribution in [0.5, 0.6) is 0 Å². The lowest BCUT2D eigenvalue weighted by molar-refractivity contribution is 0.582. The van der Waals surface area contributed by atoms with E-state index in [-0.39, 0.29) is 14.6 Å². The number of benzene rings is 2. The van der Waals surface area contributed by atoms with Gasteiger partial charge in [0.2, 0.25) is 5.89 Å². The highest BCUT2D eigenvalue weighted by Crippen LogP contribution is 2.30. The normalized spacial score (nSPS) is 11.0. The van der Waals surface area contributed by atoms with Gasteiger partial charge in [-0.25, -0.2) is 9.97 Å². The van der Waals surface area contributed by atoms with Gasteiger partial charge in [0.15, 0.2) is 11.5 Å². The van der Waals surface area contributed by atoms with Crippen molar-refractivity contribution in [3.63, 3.8) is 0 Å². The monoisotopic (exact) mass is 370 g/mol. The molecule has 0 aliphatic heterocycles. The van der Waals surface area contributed by atoms with Gasteiger partial charge in [-0.2, -0.15) is 0 Å². The quantitative estimate of drug-likeness (QED) is 0.499. The zero-order valence-corrected chi connectivity index (χ0v) is 14.6. The van der Waals surface area contributed by atoms with Gasteiger partial charge in [-0.1, -0.05) is 36.4 Å². The zero-order valence-electron chi connectivity index (χ0n) is 14.6. The third-order valence-electron chi connectivity index (χ3n) is 4.37. The van der Waals surface area contributed by atoms with Crippen LogP contribution in [-0.4, -0.2) is 25.1 Å². The number of rotatable bonds is 3. The summed E-state index contributed by atoms with van der Waals surface area (Å²) in [4.78, 5) is 13.3. The Bertz CT molecular complexity index is 1290. The van der Waals surface area contributed by atoms with Gasteiger partial charge in [-0.15, -0.1) is 10.2 Å². The van der Waals surface area contributed by atoms with Crippen molar-refractivity contribution in [2.75, 3.05) is 5.73 Å². The second-order valence-corrected chi connectivity index (χ2v) is 6.14. The molecule has 0 spiro atoms. The van der Waals surface area contributed by atoms with Crippen LogP contribution in [0.3, 0.4) is 0 Å². The molecule has 0 aliphatic carbocycles. The number of nitrogen functional groups attached to an aromatic ring is 1. The van der Waals surface area contributed by atoms with E-state index >= 15 is 0 Å². The Morgan fingerprint density at radius 3 is 2.57 bits per heavy atom. The van der Waals surface area contributed by atoms with Crippen LogP contribution in [0.1, 0.15) is 2.85 Å². The fourth-order valence-corrected chi connectivity index (χ4v) is 3.03. The van der Waals surface area contributed by atoms with Gasteiger partial charge in [0.05, 0.1) is 17.4 Å². The van der Waals surface area contributed by atoms with Crippen LogP contribution in [0.2, 0.25) is 0 Å². The highest BCUT2D eigenvalue weighted by Gasteiger charge is 2.17. The molecular formula is C21H18N6O. The van der Waals surface area contributed by atoms with Gasteiger partial charge in [-0.05, 0) is 24.3 Å². The molecule has 0 amide bonds. The van der Waals surface area contributed by atoms with Crippen LogP contribution in [-0.2, 0) is 0 Å². The summed E-state index contributed by atoms with van der Waals surface area (Å²) in [5.41, 5.74) is 9.66. The second-order valence-electron chi connectivity index (χ2n) is 6.14. The minimum absolute atomic E-state index is 0.